The van der Waals surface area contributed by atoms with Crippen molar-refractivity contribution in [1.82, 2.24) is 9.88 Å². The van der Waals surface area contributed by atoms with Gasteiger partial charge in [-0.1, -0.05) is 19.3 Å². The van der Waals surface area contributed by atoms with Gasteiger partial charge in [-0.3, -0.25) is 4.90 Å². The van der Waals surface area contributed by atoms with Crippen LogP contribution in [-0.2, 0) is 6.54 Å². The Bertz CT molecular complexity index is 302. The first kappa shape index (κ1) is 11.1. The van der Waals surface area contributed by atoms with E-state index in [2.05, 4.69) is 29.2 Å². The molecular formula is C12H20N2S. The number of hydrogen-bond acceptors (Lipinski definition) is 3. The maximum atomic E-state index is 4.52. The summed E-state index contributed by atoms with van der Waals surface area (Å²) >= 11 is 1.76. The van der Waals surface area contributed by atoms with Crippen LogP contribution in [0.5, 0.6) is 0 Å². The number of aromatic nitrogens is 1. The maximum Gasteiger partial charge on any atom is 0.0897 e. The van der Waals surface area contributed by atoms with Crippen LogP contribution in [0, 0.1) is 6.92 Å². The highest BCUT2D eigenvalue weighted by atomic mass is 32.1. The molecular weight excluding hydrogens is 204 g/mol. The molecule has 1 heterocycles. The zero-order valence-corrected chi connectivity index (χ0v) is 10.5. The summed E-state index contributed by atoms with van der Waals surface area (Å²) in [4.78, 5) is 7.00. The topological polar surface area (TPSA) is 16.1 Å². The van der Waals surface area contributed by atoms with E-state index < -0.39 is 0 Å². The van der Waals surface area contributed by atoms with Crippen LogP contribution in [0.15, 0.2) is 5.38 Å². The molecule has 3 heteroatoms. The van der Waals surface area contributed by atoms with Crippen LogP contribution in [0.2, 0.25) is 0 Å². The lowest BCUT2D eigenvalue weighted by molar-refractivity contribution is 0.183. The molecule has 0 saturated heterocycles. The minimum absolute atomic E-state index is 0.792. The Hall–Kier alpha value is -0.410. The first-order valence-electron chi connectivity index (χ1n) is 5.87. The van der Waals surface area contributed by atoms with Gasteiger partial charge in [0.2, 0.25) is 0 Å². The Morgan fingerprint density at radius 3 is 2.73 bits per heavy atom. The van der Waals surface area contributed by atoms with Crippen molar-refractivity contribution in [2.24, 2.45) is 0 Å². The summed E-state index contributed by atoms with van der Waals surface area (Å²) in [5.41, 5.74) is 1.24. The van der Waals surface area contributed by atoms with Crippen molar-refractivity contribution >= 4 is 11.3 Å². The fourth-order valence-electron chi connectivity index (χ4n) is 2.39. The Labute approximate surface area is 96.3 Å². The lowest BCUT2D eigenvalue weighted by Crippen LogP contribution is -2.32. The van der Waals surface area contributed by atoms with Crippen LogP contribution in [-0.4, -0.2) is 23.0 Å². The first-order valence-corrected chi connectivity index (χ1v) is 6.75. The molecule has 0 unspecified atom stereocenters. The lowest BCUT2D eigenvalue weighted by atomic mass is 9.94. The van der Waals surface area contributed by atoms with Crippen LogP contribution >= 0.6 is 11.3 Å². The third kappa shape index (κ3) is 3.02. The number of hydrogen-bond donors (Lipinski definition) is 0. The number of rotatable bonds is 3. The summed E-state index contributed by atoms with van der Waals surface area (Å²) in [7, 11) is 2.24. The maximum absolute atomic E-state index is 4.52. The fraction of sp³-hybridized carbons (Fsp3) is 0.750. The van der Waals surface area contributed by atoms with Crippen LogP contribution in [0.3, 0.4) is 0 Å². The summed E-state index contributed by atoms with van der Waals surface area (Å²) in [5.74, 6) is 0. The van der Waals surface area contributed by atoms with Gasteiger partial charge in [-0.05, 0) is 26.8 Å². The highest BCUT2D eigenvalue weighted by molar-refractivity contribution is 7.09. The van der Waals surface area contributed by atoms with E-state index in [-0.39, 0.29) is 0 Å². The van der Waals surface area contributed by atoms with Crippen molar-refractivity contribution in [3.63, 3.8) is 0 Å². The van der Waals surface area contributed by atoms with Crippen LogP contribution in [0.25, 0.3) is 0 Å². The molecule has 15 heavy (non-hydrogen) atoms. The van der Waals surface area contributed by atoms with Gasteiger partial charge < -0.3 is 0 Å². The van der Waals surface area contributed by atoms with Crippen molar-refractivity contribution in [1.29, 1.82) is 0 Å². The summed E-state index contributed by atoms with van der Waals surface area (Å²) < 4.78 is 0. The molecule has 1 saturated carbocycles. The highest BCUT2D eigenvalue weighted by Gasteiger charge is 2.18. The van der Waals surface area contributed by atoms with E-state index >= 15 is 0 Å². The normalized spacial score (nSPS) is 18.6. The van der Waals surface area contributed by atoms with E-state index in [1.807, 2.05) is 0 Å². The second-order valence-corrected chi connectivity index (χ2v) is 5.63. The second kappa shape index (κ2) is 5.08. The van der Waals surface area contributed by atoms with Gasteiger partial charge in [0.25, 0.3) is 0 Å². The summed E-state index contributed by atoms with van der Waals surface area (Å²) in [6, 6.07) is 0.792. The molecule has 1 fully saturated rings. The Morgan fingerprint density at radius 1 is 1.40 bits per heavy atom. The third-order valence-corrected chi connectivity index (χ3v) is 4.10. The molecule has 0 N–H and O–H groups in total. The minimum atomic E-state index is 0.792. The molecule has 0 atom stereocenters. The SMILES string of the molecule is Cc1nc(CN(C)C2CCCCC2)cs1. The van der Waals surface area contributed by atoms with Gasteiger partial charge in [-0.2, -0.15) is 0 Å². The Kier molecular flexibility index (Phi) is 3.76. The average molecular weight is 224 g/mol. The van der Waals surface area contributed by atoms with Crippen molar-refractivity contribution in [2.75, 3.05) is 7.05 Å². The Balaban J connectivity index is 1.88. The van der Waals surface area contributed by atoms with Gasteiger partial charge in [0, 0.05) is 18.0 Å². The molecule has 1 aliphatic carbocycles. The monoisotopic (exact) mass is 224 g/mol. The molecule has 1 aromatic heterocycles. The number of thiazole rings is 1. The van der Waals surface area contributed by atoms with Crippen LogP contribution < -0.4 is 0 Å². The predicted molar refractivity (Wildman–Crippen MR) is 65.2 cm³/mol. The van der Waals surface area contributed by atoms with Gasteiger partial charge in [-0.25, -0.2) is 4.98 Å². The summed E-state index contributed by atoms with van der Waals surface area (Å²) in [6.07, 6.45) is 7.00. The van der Waals surface area contributed by atoms with E-state index in [4.69, 9.17) is 0 Å². The van der Waals surface area contributed by atoms with E-state index in [0.717, 1.165) is 12.6 Å². The summed E-state index contributed by atoms with van der Waals surface area (Å²) in [5, 5.41) is 3.37. The third-order valence-electron chi connectivity index (χ3n) is 3.28. The predicted octanol–water partition coefficient (Wildman–Crippen LogP) is 3.22. The zero-order valence-electron chi connectivity index (χ0n) is 9.70. The summed E-state index contributed by atoms with van der Waals surface area (Å²) in [6.45, 7) is 3.10. The quantitative estimate of drug-likeness (QED) is 0.783. The molecule has 2 rings (SSSR count). The Morgan fingerprint density at radius 2 is 2.13 bits per heavy atom. The molecule has 0 spiro atoms. The second-order valence-electron chi connectivity index (χ2n) is 4.56. The molecule has 1 aliphatic rings. The van der Waals surface area contributed by atoms with Gasteiger partial charge in [-0.15, -0.1) is 11.3 Å². The molecule has 2 nitrogen and oxygen atoms in total. The number of nitrogens with zero attached hydrogens (tertiary/aromatic N) is 2. The van der Waals surface area contributed by atoms with Crippen molar-refractivity contribution in [2.45, 2.75) is 51.6 Å². The average Bonchev–Trinajstić information content (AvgIpc) is 2.65. The van der Waals surface area contributed by atoms with Crippen molar-refractivity contribution in [3.05, 3.63) is 16.1 Å². The van der Waals surface area contributed by atoms with Crippen molar-refractivity contribution in [3.8, 4) is 0 Å². The fourth-order valence-corrected chi connectivity index (χ4v) is 2.99. The standard InChI is InChI=1S/C12H20N2S/c1-10-13-11(9-15-10)8-14(2)12-6-4-3-5-7-12/h9,12H,3-8H2,1-2H3. The molecule has 0 aromatic carbocycles. The van der Waals surface area contributed by atoms with E-state index in [9.17, 15) is 0 Å². The smallest absolute Gasteiger partial charge is 0.0897 e. The van der Waals surface area contributed by atoms with Gasteiger partial charge in [0.05, 0.1) is 10.7 Å². The molecule has 0 aliphatic heterocycles. The molecule has 0 bridgehead atoms. The van der Waals surface area contributed by atoms with Gasteiger partial charge in [0.1, 0.15) is 0 Å². The minimum Gasteiger partial charge on any atom is -0.298 e. The van der Waals surface area contributed by atoms with E-state index in [0.29, 0.717) is 0 Å². The number of aryl methyl sites for hydroxylation is 1. The lowest BCUT2D eigenvalue weighted by Gasteiger charge is -2.30. The zero-order chi connectivity index (χ0) is 10.7. The first-order chi connectivity index (χ1) is 7.25. The highest BCUT2D eigenvalue weighted by Crippen LogP contribution is 2.23. The van der Waals surface area contributed by atoms with Crippen molar-refractivity contribution < 1.29 is 0 Å². The molecule has 84 valence electrons. The molecule has 0 radical (unpaired) electrons. The molecule has 0 amide bonds. The van der Waals surface area contributed by atoms with Crippen LogP contribution in [0.4, 0.5) is 0 Å². The van der Waals surface area contributed by atoms with E-state index in [1.54, 1.807) is 11.3 Å². The largest absolute Gasteiger partial charge is 0.298 e. The van der Waals surface area contributed by atoms with Gasteiger partial charge >= 0.3 is 0 Å². The van der Waals surface area contributed by atoms with Crippen LogP contribution in [0.1, 0.15) is 42.8 Å². The molecule has 1 aromatic rings. The van der Waals surface area contributed by atoms with Gasteiger partial charge in [0.15, 0.2) is 0 Å². The van der Waals surface area contributed by atoms with E-state index in [1.165, 1.54) is 42.8 Å².